The number of carbonyl (C=O) groups excluding carboxylic acids is 1. The van der Waals surface area contributed by atoms with Crippen LogP contribution >= 0.6 is 0 Å². The molecule has 5 heteroatoms. The van der Waals surface area contributed by atoms with Crippen LogP contribution < -0.4 is 4.90 Å². The van der Waals surface area contributed by atoms with E-state index < -0.39 is 0 Å². The first-order valence-electron chi connectivity index (χ1n) is 10.5. The van der Waals surface area contributed by atoms with Gasteiger partial charge in [0.1, 0.15) is 5.52 Å². The Balaban J connectivity index is 1.20. The van der Waals surface area contributed by atoms with Crippen molar-refractivity contribution in [2.75, 3.05) is 31.6 Å². The van der Waals surface area contributed by atoms with Crippen LogP contribution in [0.1, 0.15) is 24.7 Å². The summed E-state index contributed by atoms with van der Waals surface area (Å²) in [6.07, 6.45) is 1.77. The van der Waals surface area contributed by atoms with Crippen molar-refractivity contribution >= 4 is 33.5 Å². The van der Waals surface area contributed by atoms with Crippen LogP contribution in [0.2, 0.25) is 0 Å². The molecule has 30 heavy (non-hydrogen) atoms. The van der Waals surface area contributed by atoms with Crippen LogP contribution in [0.5, 0.6) is 0 Å². The average Bonchev–Trinajstić information content (AvgIpc) is 3.23. The summed E-state index contributed by atoms with van der Waals surface area (Å²) in [6.45, 7) is 1.87. The number of piperidine rings is 1. The maximum absolute atomic E-state index is 12.9. The molecule has 0 N–H and O–H groups in total. The van der Waals surface area contributed by atoms with E-state index in [2.05, 4.69) is 35.3 Å². The van der Waals surface area contributed by atoms with Crippen molar-refractivity contribution in [3.63, 3.8) is 0 Å². The van der Waals surface area contributed by atoms with E-state index in [0.29, 0.717) is 6.54 Å². The Bertz CT molecular complexity index is 1160. The number of benzene rings is 3. The number of para-hydroxylation sites is 2. The number of oxazole rings is 1. The minimum atomic E-state index is 0.168. The topological polar surface area (TPSA) is 49.6 Å². The van der Waals surface area contributed by atoms with Crippen molar-refractivity contribution in [1.82, 2.24) is 9.88 Å². The molecule has 2 heterocycles. The van der Waals surface area contributed by atoms with Gasteiger partial charge in [-0.25, -0.2) is 4.98 Å². The van der Waals surface area contributed by atoms with Crippen LogP contribution in [0.3, 0.4) is 0 Å². The molecule has 3 aromatic carbocycles. The number of fused-ring (bicyclic) bond motifs is 2. The Labute approximate surface area is 175 Å². The Morgan fingerprint density at radius 3 is 2.57 bits per heavy atom. The maximum Gasteiger partial charge on any atom is 0.242 e. The molecule has 0 spiro atoms. The SMILES string of the molecule is CN(CC(=O)N1CCC(c2nc3ccccc3o2)CC1)c1ccc2ccccc2c1. The van der Waals surface area contributed by atoms with E-state index in [4.69, 9.17) is 4.42 Å². The van der Waals surface area contributed by atoms with Crippen LogP contribution in [0.25, 0.3) is 21.9 Å². The summed E-state index contributed by atoms with van der Waals surface area (Å²) in [5.41, 5.74) is 2.80. The van der Waals surface area contributed by atoms with E-state index in [1.54, 1.807) is 0 Å². The van der Waals surface area contributed by atoms with Crippen LogP contribution in [0, 0.1) is 0 Å². The van der Waals surface area contributed by atoms with Gasteiger partial charge in [0.15, 0.2) is 11.5 Å². The maximum atomic E-state index is 12.9. The second-order valence-electron chi connectivity index (χ2n) is 8.06. The first kappa shape index (κ1) is 18.7. The normalized spacial score (nSPS) is 15.0. The molecular weight excluding hydrogens is 374 g/mol. The number of nitrogens with zero attached hydrogens (tertiary/aromatic N) is 3. The highest BCUT2D eigenvalue weighted by Gasteiger charge is 2.27. The molecule has 1 fully saturated rings. The number of likely N-dealkylation sites (N-methyl/N-ethyl adjacent to an activating group) is 1. The molecule has 5 rings (SSSR count). The summed E-state index contributed by atoms with van der Waals surface area (Å²) in [5.74, 6) is 1.25. The molecule has 5 nitrogen and oxygen atoms in total. The first-order valence-corrected chi connectivity index (χ1v) is 10.5. The summed E-state index contributed by atoms with van der Waals surface area (Å²) in [7, 11) is 1.98. The highest BCUT2D eigenvalue weighted by molar-refractivity contribution is 5.87. The molecule has 1 saturated heterocycles. The molecule has 4 aromatic rings. The number of anilines is 1. The van der Waals surface area contributed by atoms with Gasteiger partial charge < -0.3 is 14.2 Å². The number of carbonyl (C=O) groups is 1. The van der Waals surface area contributed by atoms with Crippen LogP contribution in [0.4, 0.5) is 5.69 Å². The van der Waals surface area contributed by atoms with Crippen LogP contribution in [0.15, 0.2) is 71.1 Å². The van der Waals surface area contributed by atoms with Gasteiger partial charge in [-0.1, -0.05) is 42.5 Å². The lowest BCUT2D eigenvalue weighted by Crippen LogP contribution is -2.43. The van der Waals surface area contributed by atoms with E-state index >= 15 is 0 Å². The highest BCUT2D eigenvalue weighted by Crippen LogP contribution is 2.30. The Morgan fingerprint density at radius 1 is 1.03 bits per heavy atom. The predicted octanol–water partition coefficient (Wildman–Crippen LogP) is 4.82. The minimum absolute atomic E-state index is 0.168. The zero-order chi connectivity index (χ0) is 20.5. The van der Waals surface area contributed by atoms with Gasteiger partial charge in [0.05, 0.1) is 6.54 Å². The van der Waals surface area contributed by atoms with Crippen molar-refractivity contribution in [2.24, 2.45) is 0 Å². The van der Waals surface area contributed by atoms with E-state index in [-0.39, 0.29) is 11.8 Å². The molecule has 0 bridgehead atoms. The molecular formula is C25H25N3O2. The van der Waals surface area contributed by atoms with Crippen molar-refractivity contribution in [1.29, 1.82) is 0 Å². The number of hydrogen-bond acceptors (Lipinski definition) is 4. The standard InChI is InChI=1S/C25H25N3O2/c1-27(21-11-10-18-6-2-3-7-20(18)16-21)17-24(29)28-14-12-19(13-15-28)25-26-22-8-4-5-9-23(22)30-25/h2-11,16,19H,12-15,17H2,1H3. The van der Waals surface area contributed by atoms with Crippen molar-refractivity contribution in [2.45, 2.75) is 18.8 Å². The van der Waals surface area contributed by atoms with Gasteiger partial charge in [0, 0.05) is 31.7 Å². The number of hydrogen-bond donors (Lipinski definition) is 0. The molecule has 0 aliphatic carbocycles. The number of amides is 1. The van der Waals surface area contributed by atoms with E-state index in [9.17, 15) is 4.79 Å². The van der Waals surface area contributed by atoms with Gasteiger partial charge in [-0.15, -0.1) is 0 Å². The molecule has 1 amide bonds. The zero-order valence-corrected chi connectivity index (χ0v) is 17.1. The third-order valence-corrected chi connectivity index (χ3v) is 6.05. The average molecular weight is 399 g/mol. The third-order valence-electron chi connectivity index (χ3n) is 6.05. The van der Waals surface area contributed by atoms with Gasteiger partial charge in [-0.2, -0.15) is 0 Å². The summed E-state index contributed by atoms with van der Waals surface area (Å²) in [5, 5.41) is 2.40. The monoisotopic (exact) mass is 399 g/mol. The van der Waals surface area contributed by atoms with E-state index in [1.165, 1.54) is 10.8 Å². The summed E-state index contributed by atoms with van der Waals surface area (Å²) < 4.78 is 5.94. The predicted molar refractivity (Wildman–Crippen MR) is 120 cm³/mol. The van der Waals surface area contributed by atoms with Crippen molar-refractivity contribution in [3.05, 3.63) is 72.6 Å². The van der Waals surface area contributed by atoms with Crippen molar-refractivity contribution in [3.8, 4) is 0 Å². The lowest BCUT2D eigenvalue weighted by Gasteiger charge is -2.32. The molecule has 1 aliphatic rings. The molecule has 0 unspecified atom stereocenters. The fourth-order valence-corrected chi connectivity index (χ4v) is 4.25. The summed E-state index contributed by atoms with van der Waals surface area (Å²) >= 11 is 0. The Hall–Kier alpha value is -3.34. The minimum Gasteiger partial charge on any atom is -0.440 e. The fourth-order valence-electron chi connectivity index (χ4n) is 4.25. The molecule has 1 aromatic heterocycles. The molecule has 0 atom stereocenters. The highest BCUT2D eigenvalue weighted by atomic mass is 16.3. The summed E-state index contributed by atoms with van der Waals surface area (Å²) in [6, 6.07) is 22.5. The fraction of sp³-hybridized carbons (Fsp3) is 0.280. The molecule has 1 aliphatic heterocycles. The number of aromatic nitrogens is 1. The number of rotatable bonds is 4. The molecule has 0 radical (unpaired) electrons. The van der Waals surface area contributed by atoms with Gasteiger partial charge >= 0.3 is 0 Å². The zero-order valence-electron chi connectivity index (χ0n) is 17.1. The Morgan fingerprint density at radius 2 is 1.77 bits per heavy atom. The molecule has 0 saturated carbocycles. The largest absolute Gasteiger partial charge is 0.440 e. The van der Waals surface area contributed by atoms with Crippen LogP contribution in [-0.4, -0.2) is 42.5 Å². The van der Waals surface area contributed by atoms with Gasteiger partial charge in [-0.05, 0) is 47.9 Å². The lowest BCUT2D eigenvalue weighted by molar-refractivity contribution is -0.130. The van der Waals surface area contributed by atoms with Gasteiger partial charge in [0.25, 0.3) is 0 Å². The third kappa shape index (κ3) is 3.63. The first-order chi connectivity index (χ1) is 14.7. The number of likely N-dealkylation sites (tertiary alicyclic amines) is 1. The van der Waals surface area contributed by atoms with E-state index in [1.807, 2.05) is 53.2 Å². The Kier molecular flexibility index (Phi) is 4.87. The van der Waals surface area contributed by atoms with Gasteiger partial charge in [-0.3, -0.25) is 4.79 Å². The van der Waals surface area contributed by atoms with Crippen molar-refractivity contribution < 1.29 is 9.21 Å². The van der Waals surface area contributed by atoms with Gasteiger partial charge in [0.2, 0.25) is 5.91 Å². The smallest absolute Gasteiger partial charge is 0.242 e. The van der Waals surface area contributed by atoms with Crippen LogP contribution in [-0.2, 0) is 4.79 Å². The second kappa shape index (κ2) is 7.82. The van der Waals surface area contributed by atoms with E-state index in [0.717, 1.165) is 48.6 Å². The second-order valence-corrected chi connectivity index (χ2v) is 8.06. The lowest BCUT2D eigenvalue weighted by atomic mass is 9.96. The summed E-state index contributed by atoms with van der Waals surface area (Å²) in [4.78, 5) is 21.5. The quantitative estimate of drug-likeness (QED) is 0.493. The molecule has 152 valence electrons.